The van der Waals surface area contributed by atoms with Gasteiger partial charge in [-0.25, -0.2) is 9.50 Å². The monoisotopic (exact) mass is 402 g/mol. The van der Waals surface area contributed by atoms with E-state index in [4.69, 9.17) is 10.1 Å². The lowest BCUT2D eigenvalue weighted by molar-refractivity contribution is 0.340. The number of hydrogen-bond acceptors (Lipinski definition) is 6. The minimum absolute atomic E-state index is 0.588. The number of fused-ring (bicyclic) bond motifs is 2. The van der Waals surface area contributed by atoms with Gasteiger partial charge in [0.1, 0.15) is 11.5 Å². The van der Waals surface area contributed by atoms with E-state index in [1.807, 2.05) is 29.0 Å². The number of imidazole rings is 1. The molecule has 2 unspecified atom stereocenters. The zero-order valence-corrected chi connectivity index (χ0v) is 16.8. The molecule has 2 aliphatic heterocycles. The summed E-state index contributed by atoms with van der Waals surface area (Å²) in [6.45, 7) is 3.24. The lowest BCUT2D eigenvalue weighted by Gasteiger charge is -2.24. The van der Waals surface area contributed by atoms with Gasteiger partial charge in [0.25, 0.3) is 0 Å². The predicted octanol–water partition coefficient (Wildman–Crippen LogP) is 3.71. The summed E-state index contributed by atoms with van der Waals surface area (Å²) in [5.74, 6) is 1.75. The van der Waals surface area contributed by atoms with E-state index < -0.39 is 0 Å². The Balaban J connectivity index is 1.48. The van der Waals surface area contributed by atoms with Crippen LogP contribution in [0.3, 0.4) is 0 Å². The molecule has 2 aliphatic rings. The van der Waals surface area contributed by atoms with Crippen LogP contribution in [-0.4, -0.2) is 45.3 Å². The molecule has 146 valence electrons. The maximum atomic E-state index is 5.06. The summed E-state index contributed by atoms with van der Waals surface area (Å²) in [6.07, 6.45) is 6.24. The molecule has 0 bridgehead atoms. The summed E-state index contributed by atoms with van der Waals surface area (Å²) in [5, 5.41) is 13.0. The van der Waals surface area contributed by atoms with Crippen molar-refractivity contribution in [3.63, 3.8) is 0 Å². The molecule has 1 N–H and O–H groups in total. The van der Waals surface area contributed by atoms with Crippen molar-refractivity contribution < 1.29 is 0 Å². The third-order valence-corrected chi connectivity index (χ3v) is 6.82. The van der Waals surface area contributed by atoms with Crippen molar-refractivity contribution >= 4 is 22.8 Å². The number of nitrogens with zero attached hydrogens (tertiary/aromatic N) is 5. The second kappa shape index (κ2) is 6.93. The molecule has 0 saturated carbocycles. The quantitative estimate of drug-likeness (QED) is 0.566. The highest BCUT2D eigenvalue weighted by molar-refractivity contribution is 7.08. The first kappa shape index (κ1) is 17.1. The molecule has 2 fully saturated rings. The van der Waals surface area contributed by atoms with E-state index in [9.17, 15) is 0 Å². The van der Waals surface area contributed by atoms with Crippen molar-refractivity contribution in [2.24, 2.45) is 5.92 Å². The Morgan fingerprint density at radius 3 is 2.79 bits per heavy atom. The van der Waals surface area contributed by atoms with Crippen molar-refractivity contribution in [1.29, 1.82) is 0 Å². The average molecular weight is 403 g/mol. The largest absolute Gasteiger partial charge is 0.353 e. The molecule has 0 aromatic carbocycles. The number of pyridine rings is 1. The van der Waals surface area contributed by atoms with Crippen LogP contribution < -0.4 is 10.2 Å². The smallest absolute Gasteiger partial charge is 0.155 e. The molecular weight excluding hydrogens is 380 g/mol. The Hall–Kier alpha value is -2.77. The maximum absolute atomic E-state index is 5.06. The van der Waals surface area contributed by atoms with Gasteiger partial charge < -0.3 is 10.2 Å². The highest BCUT2D eigenvalue weighted by Crippen LogP contribution is 2.34. The molecule has 6 heterocycles. The second-order valence-corrected chi connectivity index (χ2v) is 8.67. The standard InChI is InChI=1S/C22H22N6S/c1-2-16-12-27(13-18(16)24-8-1)20-4-3-19-25-21(17-7-11-29-14-17)22(28(19)26-20)15-5-9-23-10-6-15/h3-7,9-11,14,16,18,24H,1-2,8,12-13H2. The van der Waals surface area contributed by atoms with E-state index in [1.165, 1.54) is 12.8 Å². The molecule has 2 atom stereocenters. The molecule has 6 nitrogen and oxygen atoms in total. The summed E-state index contributed by atoms with van der Waals surface area (Å²) in [5.41, 5.74) is 5.08. The van der Waals surface area contributed by atoms with Crippen molar-refractivity contribution in [3.8, 4) is 22.5 Å². The van der Waals surface area contributed by atoms with E-state index >= 15 is 0 Å². The van der Waals surface area contributed by atoms with Crippen LogP contribution in [0.4, 0.5) is 5.82 Å². The Morgan fingerprint density at radius 1 is 1.03 bits per heavy atom. The third-order valence-electron chi connectivity index (χ3n) is 6.13. The fourth-order valence-electron chi connectivity index (χ4n) is 4.70. The topological polar surface area (TPSA) is 58.4 Å². The highest BCUT2D eigenvalue weighted by atomic mass is 32.1. The van der Waals surface area contributed by atoms with Crippen LogP contribution in [0.5, 0.6) is 0 Å². The van der Waals surface area contributed by atoms with Gasteiger partial charge in [0.2, 0.25) is 0 Å². The van der Waals surface area contributed by atoms with E-state index in [0.29, 0.717) is 6.04 Å². The number of anilines is 1. The zero-order chi connectivity index (χ0) is 19.2. The molecule has 0 aliphatic carbocycles. The van der Waals surface area contributed by atoms with Crippen LogP contribution in [0.25, 0.3) is 28.2 Å². The van der Waals surface area contributed by atoms with Crippen molar-refractivity contribution in [3.05, 3.63) is 53.5 Å². The minimum atomic E-state index is 0.588. The Bertz CT molecular complexity index is 1120. The average Bonchev–Trinajstić information content (AvgIpc) is 3.51. The Labute approximate surface area is 173 Å². The number of piperidine rings is 1. The van der Waals surface area contributed by atoms with Gasteiger partial charge in [-0.05, 0) is 61.0 Å². The van der Waals surface area contributed by atoms with Crippen molar-refractivity contribution in [2.45, 2.75) is 18.9 Å². The Kier molecular flexibility index (Phi) is 4.09. The van der Waals surface area contributed by atoms with Crippen LogP contribution >= 0.6 is 11.3 Å². The molecular formula is C22H22N6S. The van der Waals surface area contributed by atoms with Gasteiger partial charge in [-0.15, -0.1) is 5.10 Å². The number of aromatic nitrogens is 4. The first-order valence-electron chi connectivity index (χ1n) is 10.2. The van der Waals surface area contributed by atoms with Crippen LogP contribution in [-0.2, 0) is 0 Å². The highest BCUT2D eigenvalue weighted by Gasteiger charge is 2.35. The molecule has 0 amide bonds. The summed E-state index contributed by atoms with van der Waals surface area (Å²) >= 11 is 1.69. The first-order valence-corrected chi connectivity index (χ1v) is 11.1. The van der Waals surface area contributed by atoms with E-state index in [0.717, 1.165) is 59.5 Å². The number of rotatable bonds is 3. The molecule has 4 aromatic heterocycles. The molecule has 0 spiro atoms. The van der Waals surface area contributed by atoms with Crippen LogP contribution in [0.15, 0.2) is 53.5 Å². The summed E-state index contributed by atoms with van der Waals surface area (Å²) in [6, 6.07) is 11.0. The van der Waals surface area contributed by atoms with E-state index in [-0.39, 0.29) is 0 Å². The SMILES string of the molecule is c1cc(-c2c(-c3ccsc3)nc3ccc(N4CC5CCCNC5C4)nn23)ccn1. The van der Waals surface area contributed by atoms with Gasteiger partial charge in [-0.2, -0.15) is 11.3 Å². The number of thiophene rings is 1. The van der Waals surface area contributed by atoms with Gasteiger partial charge in [0.05, 0.1) is 5.69 Å². The number of nitrogens with one attached hydrogen (secondary N) is 1. The fourth-order valence-corrected chi connectivity index (χ4v) is 5.34. The molecule has 0 radical (unpaired) electrons. The molecule has 4 aromatic rings. The minimum Gasteiger partial charge on any atom is -0.353 e. The lowest BCUT2D eigenvalue weighted by atomic mass is 9.94. The van der Waals surface area contributed by atoms with Gasteiger partial charge in [-0.1, -0.05) is 0 Å². The predicted molar refractivity (Wildman–Crippen MR) is 116 cm³/mol. The molecule has 7 heteroatoms. The fraction of sp³-hybridized carbons (Fsp3) is 0.318. The van der Waals surface area contributed by atoms with E-state index in [2.05, 4.69) is 44.2 Å². The molecule has 2 saturated heterocycles. The molecule has 29 heavy (non-hydrogen) atoms. The van der Waals surface area contributed by atoms with Gasteiger partial charge >= 0.3 is 0 Å². The summed E-state index contributed by atoms with van der Waals surface area (Å²) in [4.78, 5) is 11.5. The lowest BCUT2D eigenvalue weighted by Crippen LogP contribution is -2.40. The Morgan fingerprint density at radius 2 is 1.97 bits per heavy atom. The van der Waals surface area contributed by atoms with Gasteiger partial charge in [0.15, 0.2) is 5.65 Å². The first-order chi connectivity index (χ1) is 14.4. The van der Waals surface area contributed by atoms with E-state index in [1.54, 1.807) is 11.3 Å². The third kappa shape index (κ3) is 2.92. The normalized spacial score (nSPS) is 21.6. The summed E-state index contributed by atoms with van der Waals surface area (Å²) in [7, 11) is 0. The van der Waals surface area contributed by atoms with Crippen LogP contribution in [0, 0.1) is 5.92 Å². The second-order valence-electron chi connectivity index (χ2n) is 7.89. The zero-order valence-electron chi connectivity index (χ0n) is 16.0. The summed E-state index contributed by atoms with van der Waals surface area (Å²) < 4.78 is 2.01. The maximum Gasteiger partial charge on any atom is 0.155 e. The van der Waals surface area contributed by atoms with Crippen LogP contribution in [0.2, 0.25) is 0 Å². The van der Waals surface area contributed by atoms with Crippen molar-refractivity contribution in [2.75, 3.05) is 24.5 Å². The van der Waals surface area contributed by atoms with Crippen molar-refractivity contribution in [1.82, 2.24) is 24.9 Å². The van der Waals surface area contributed by atoms with Gasteiger partial charge in [-0.3, -0.25) is 4.98 Å². The van der Waals surface area contributed by atoms with Crippen LogP contribution in [0.1, 0.15) is 12.8 Å². The number of hydrogen-bond donors (Lipinski definition) is 1. The molecule has 6 rings (SSSR count). The van der Waals surface area contributed by atoms with Gasteiger partial charge in [0, 0.05) is 48.0 Å².